The summed E-state index contributed by atoms with van der Waals surface area (Å²) in [4.78, 5) is 38.0. The highest BCUT2D eigenvalue weighted by atomic mass is 32.2. The second-order valence-corrected chi connectivity index (χ2v) is 12.0. The van der Waals surface area contributed by atoms with Gasteiger partial charge in [0.15, 0.2) is 0 Å². The lowest BCUT2D eigenvalue weighted by Crippen LogP contribution is -2.32. The quantitative estimate of drug-likeness (QED) is 0.138. The number of nitrogens with two attached hydrogens (primary N) is 1. The van der Waals surface area contributed by atoms with E-state index >= 15 is 0 Å². The molecule has 11 nitrogen and oxygen atoms in total. The van der Waals surface area contributed by atoms with Crippen LogP contribution in [-0.2, 0) is 10.1 Å². The van der Waals surface area contributed by atoms with Gasteiger partial charge < -0.3 is 21.5 Å². The number of aromatic carboxylic acids is 1. The van der Waals surface area contributed by atoms with E-state index in [9.17, 15) is 27.9 Å². The summed E-state index contributed by atoms with van der Waals surface area (Å²) in [5, 5.41) is 24.6. The SMILES string of the molecule is CC(C)(C)CNC(=O)c1ccc(-c2sccc2C(=O)Nc2ccc(C(=N)N)cc2)c(C(=O)O)c1.CS(=O)(=O)O. The Morgan fingerprint density at radius 3 is 2.05 bits per heavy atom. The monoisotopic (exact) mass is 574 g/mol. The van der Waals surface area contributed by atoms with Crippen LogP contribution in [0.3, 0.4) is 0 Å². The molecule has 2 aromatic carbocycles. The molecule has 0 unspecified atom stereocenters. The van der Waals surface area contributed by atoms with Crippen molar-refractivity contribution < 1.29 is 32.5 Å². The Morgan fingerprint density at radius 2 is 1.54 bits per heavy atom. The first-order chi connectivity index (χ1) is 18.0. The first-order valence-electron chi connectivity index (χ1n) is 11.4. The Bertz CT molecular complexity index is 1480. The molecule has 3 rings (SSSR count). The van der Waals surface area contributed by atoms with E-state index in [0.29, 0.717) is 40.1 Å². The molecule has 0 bridgehead atoms. The number of carboxylic acid groups (broad SMARTS) is 1. The smallest absolute Gasteiger partial charge is 0.336 e. The van der Waals surface area contributed by atoms with Crippen molar-refractivity contribution >= 4 is 50.8 Å². The number of carboxylic acids is 1. The van der Waals surface area contributed by atoms with E-state index in [4.69, 9.17) is 15.7 Å². The summed E-state index contributed by atoms with van der Waals surface area (Å²) in [6.45, 7) is 6.40. The van der Waals surface area contributed by atoms with Crippen LogP contribution in [0.1, 0.15) is 57.4 Å². The minimum absolute atomic E-state index is 0.0641. The van der Waals surface area contributed by atoms with Crippen LogP contribution in [0.15, 0.2) is 53.9 Å². The Labute approximate surface area is 230 Å². The average Bonchev–Trinajstić information content (AvgIpc) is 3.31. The standard InChI is InChI=1S/C25H26N4O4S.CH4O3S/c1-25(2,3)13-28-22(30)15-6-9-17(19(12-15)24(32)33)20-18(10-11-34-20)23(31)29-16-7-4-14(5-8-16)21(26)27;1-5(2,3)4/h4-12H,13H2,1-3H3,(H3,26,27)(H,28,30)(H,29,31)(H,32,33);1H3,(H,2,3,4). The first kappa shape index (κ1) is 31.1. The van der Waals surface area contributed by atoms with Gasteiger partial charge in [0, 0.05) is 33.8 Å². The number of amidine groups is 1. The third kappa shape index (κ3) is 9.96. The predicted molar refractivity (Wildman–Crippen MR) is 151 cm³/mol. The van der Waals surface area contributed by atoms with Gasteiger partial charge in [0.1, 0.15) is 5.84 Å². The zero-order valence-electron chi connectivity index (χ0n) is 21.7. The fourth-order valence-electron chi connectivity index (χ4n) is 3.14. The Morgan fingerprint density at radius 1 is 0.974 bits per heavy atom. The highest BCUT2D eigenvalue weighted by Crippen LogP contribution is 2.33. The second kappa shape index (κ2) is 12.7. The molecule has 0 radical (unpaired) electrons. The Balaban J connectivity index is 0.000000976. The van der Waals surface area contributed by atoms with Crippen molar-refractivity contribution in [3.8, 4) is 10.4 Å². The number of hydrogen-bond donors (Lipinski definition) is 6. The van der Waals surface area contributed by atoms with Gasteiger partial charge in [0.25, 0.3) is 21.9 Å². The normalized spacial score (nSPS) is 11.1. The maximum absolute atomic E-state index is 12.9. The summed E-state index contributed by atoms with van der Waals surface area (Å²) in [5.74, 6) is -2.04. The van der Waals surface area contributed by atoms with Gasteiger partial charge >= 0.3 is 5.97 Å². The van der Waals surface area contributed by atoms with Crippen molar-refractivity contribution in [1.82, 2.24) is 5.32 Å². The van der Waals surface area contributed by atoms with Crippen LogP contribution >= 0.6 is 11.3 Å². The maximum atomic E-state index is 12.9. The van der Waals surface area contributed by atoms with Crippen LogP contribution < -0.4 is 16.4 Å². The van der Waals surface area contributed by atoms with Gasteiger partial charge in [-0.05, 0) is 53.3 Å². The Hall–Kier alpha value is -4.07. The molecule has 39 heavy (non-hydrogen) atoms. The molecule has 208 valence electrons. The van der Waals surface area contributed by atoms with Crippen molar-refractivity contribution in [3.05, 3.63) is 76.2 Å². The number of hydrogen-bond acceptors (Lipinski definition) is 7. The molecular formula is C26H30N4O7S2. The Kier molecular flexibility index (Phi) is 10.1. The van der Waals surface area contributed by atoms with Crippen LogP contribution in [0, 0.1) is 10.8 Å². The molecule has 1 aromatic heterocycles. The van der Waals surface area contributed by atoms with Crippen LogP contribution in [-0.4, -0.2) is 54.5 Å². The number of nitrogens with one attached hydrogen (secondary N) is 3. The number of nitrogen functional groups attached to an aromatic ring is 1. The molecular weight excluding hydrogens is 544 g/mol. The van der Waals surface area contributed by atoms with Gasteiger partial charge in [0.2, 0.25) is 0 Å². The molecule has 7 N–H and O–H groups in total. The lowest BCUT2D eigenvalue weighted by molar-refractivity contribution is 0.0697. The van der Waals surface area contributed by atoms with Gasteiger partial charge in [-0.25, -0.2) is 4.79 Å². The maximum Gasteiger partial charge on any atom is 0.336 e. The summed E-state index contributed by atoms with van der Waals surface area (Å²) in [6.07, 6.45) is 0.715. The van der Waals surface area contributed by atoms with E-state index in [1.54, 1.807) is 47.8 Å². The number of rotatable bonds is 7. The van der Waals surface area contributed by atoms with Gasteiger partial charge in [-0.2, -0.15) is 8.42 Å². The first-order valence-corrected chi connectivity index (χ1v) is 14.1. The minimum Gasteiger partial charge on any atom is -0.478 e. The zero-order chi connectivity index (χ0) is 29.5. The van der Waals surface area contributed by atoms with Crippen LogP contribution in [0.2, 0.25) is 0 Å². The fourth-order valence-corrected chi connectivity index (χ4v) is 4.07. The largest absolute Gasteiger partial charge is 0.478 e. The fraction of sp³-hybridized carbons (Fsp3) is 0.231. The van der Waals surface area contributed by atoms with Crippen LogP contribution in [0.5, 0.6) is 0 Å². The topological polar surface area (TPSA) is 200 Å². The summed E-state index contributed by atoms with van der Waals surface area (Å²) < 4.78 is 25.9. The summed E-state index contributed by atoms with van der Waals surface area (Å²) >= 11 is 1.24. The molecule has 0 aliphatic heterocycles. The third-order valence-corrected chi connectivity index (χ3v) is 5.85. The molecule has 0 atom stereocenters. The summed E-state index contributed by atoms with van der Waals surface area (Å²) in [6, 6.07) is 12.6. The molecule has 0 aliphatic carbocycles. The van der Waals surface area contributed by atoms with E-state index < -0.39 is 22.0 Å². The number of anilines is 1. The number of amides is 2. The molecule has 1 heterocycles. The van der Waals surface area contributed by atoms with E-state index in [0.717, 1.165) is 0 Å². The molecule has 2 amide bonds. The van der Waals surface area contributed by atoms with Crippen molar-refractivity contribution in [1.29, 1.82) is 5.41 Å². The van der Waals surface area contributed by atoms with Gasteiger partial charge in [0.05, 0.1) is 17.4 Å². The summed E-state index contributed by atoms with van der Waals surface area (Å²) in [7, 11) is -3.67. The van der Waals surface area contributed by atoms with Crippen molar-refractivity contribution in [2.75, 3.05) is 18.1 Å². The lowest BCUT2D eigenvalue weighted by atomic mass is 9.96. The molecule has 3 aromatic rings. The molecule has 0 saturated heterocycles. The molecule has 0 spiro atoms. The molecule has 0 fully saturated rings. The van der Waals surface area contributed by atoms with Crippen molar-refractivity contribution in [3.63, 3.8) is 0 Å². The number of carbonyl (C=O) groups is 3. The second-order valence-electron chi connectivity index (χ2n) is 9.65. The summed E-state index contributed by atoms with van der Waals surface area (Å²) in [5.41, 5.74) is 7.22. The predicted octanol–water partition coefficient (Wildman–Crippen LogP) is 3.93. The van der Waals surface area contributed by atoms with E-state index in [-0.39, 0.29) is 28.3 Å². The van der Waals surface area contributed by atoms with Crippen molar-refractivity contribution in [2.24, 2.45) is 11.1 Å². The highest BCUT2D eigenvalue weighted by molar-refractivity contribution is 7.85. The van der Waals surface area contributed by atoms with E-state index in [1.807, 2.05) is 20.8 Å². The zero-order valence-corrected chi connectivity index (χ0v) is 23.4. The number of carbonyl (C=O) groups excluding carboxylic acids is 2. The van der Waals surface area contributed by atoms with Crippen LogP contribution in [0.4, 0.5) is 5.69 Å². The van der Waals surface area contributed by atoms with Crippen LogP contribution in [0.25, 0.3) is 10.4 Å². The lowest BCUT2D eigenvalue weighted by Gasteiger charge is -2.19. The third-order valence-electron chi connectivity index (χ3n) is 4.90. The molecule has 0 saturated carbocycles. The highest BCUT2D eigenvalue weighted by Gasteiger charge is 2.22. The minimum atomic E-state index is -3.67. The number of thiophene rings is 1. The van der Waals surface area contributed by atoms with Crippen molar-refractivity contribution in [2.45, 2.75) is 20.8 Å². The van der Waals surface area contributed by atoms with E-state index in [1.165, 1.54) is 17.4 Å². The van der Waals surface area contributed by atoms with Gasteiger partial charge in [-0.15, -0.1) is 11.3 Å². The van der Waals surface area contributed by atoms with E-state index in [2.05, 4.69) is 10.6 Å². The van der Waals surface area contributed by atoms with Gasteiger partial charge in [-0.1, -0.05) is 26.8 Å². The molecule has 0 aliphatic rings. The number of benzene rings is 2. The average molecular weight is 575 g/mol. The molecule has 13 heteroatoms. The van der Waals surface area contributed by atoms with Gasteiger partial charge in [-0.3, -0.25) is 19.6 Å².